The average Bonchev–Trinajstić information content (AvgIpc) is 2.47. The molecule has 0 spiro atoms. The number of hydrogen-bond acceptors (Lipinski definition) is 5. The minimum absolute atomic E-state index is 0.0238. The molecular weight excluding hydrogens is 266 g/mol. The van der Waals surface area contributed by atoms with E-state index in [1.165, 1.54) is 25.3 Å². The van der Waals surface area contributed by atoms with Gasteiger partial charge in [0.1, 0.15) is 11.6 Å². The van der Waals surface area contributed by atoms with Crippen molar-refractivity contribution in [1.29, 1.82) is 0 Å². The van der Waals surface area contributed by atoms with Crippen LogP contribution in [0.5, 0.6) is 5.88 Å². The zero-order chi connectivity index (χ0) is 14.5. The number of methoxy groups -OCH3 is 1. The number of hydrazine groups is 1. The van der Waals surface area contributed by atoms with Crippen LogP contribution in [0.4, 0.5) is 8.78 Å². The summed E-state index contributed by atoms with van der Waals surface area (Å²) in [4.78, 5) is 0. The van der Waals surface area contributed by atoms with Crippen molar-refractivity contribution in [2.45, 2.75) is 12.5 Å². The van der Waals surface area contributed by atoms with Crippen molar-refractivity contribution in [2.24, 2.45) is 5.84 Å². The Morgan fingerprint density at radius 2 is 1.90 bits per heavy atom. The van der Waals surface area contributed by atoms with Gasteiger partial charge in [-0.1, -0.05) is 6.07 Å². The smallest absolute Gasteiger partial charge is 0.233 e. The van der Waals surface area contributed by atoms with E-state index < -0.39 is 17.7 Å². The van der Waals surface area contributed by atoms with Crippen LogP contribution in [0.3, 0.4) is 0 Å². The van der Waals surface area contributed by atoms with E-state index in [-0.39, 0.29) is 12.0 Å². The molecule has 1 aromatic carbocycles. The second kappa shape index (κ2) is 6.36. The summed E-state index contributed by atoms with van der Waals surface area (Å²) in [5.74, 6) is 4.54. The van der Waals surface area contributed by atoms with E-state index >= 15 is 0 Å². The van der Waals surface area contributed by atoms with Crippen molar-refractivity contribution in [3.05, 3.63) is 53.2 Å². The summed E-state index contributed by atoms with van der Waals surface area (Å²) in [7, 11) is 1.47. The second-order valence-corrected chi connectivity index (χ2v) is 4.12. The summed E-state index contributed by atoms with van der Waals surface area (Å²) in [5, 5.41) is 7.71. The van der Waals surface area contributed by atoms with Gasteiger partial charge in [0.15, 0.2) is 0 Å². The predicted molar refractivity (Wildman–Crippen MR) is 68.7 cm³/mol. The summed E-state index contributed by atoms with van der Waals surface area (Å²) in [6.45, 7) is 0. The van der Waals surface area contributed by atoms with Gasteiger partial charge in [0, 0.05) is 18.1 Å². The number of hydrogen-bond donors (Lipinski definition) is 2. The molecule has 20 heavy (non-hydrogen) atoms. The highest BCUT2D eigenvalue weighted by molar-refractivity contribution is 5.23. The molecule has 0 aliphatic heterocycles. The first-order valence-corrected chi connectivity index (χ1v) is 5.92. The van der Waals surface area contributed by atoms with Gasteiger partial charge < -0.3 is 4.74 Å². The first kappa shape index (κ1) is 14.3. The zero-order valence-electron chi connectivity index (χ0n) is 10.8. The van der Waals surface area contributed by atoms with Gasteiger partial charge in [-0.3, -0.25) is 11.3 Å². The Morgan fingerprint density at radius 3 is 2.40 bits per heavy atom. The maximum absolute atomic E-state index is 13.6. The van der Waals surface area contributed by atoms with Crippen molar-refractivity contribution in [3.8, 4) is 5.88 Å². The lowest BCUT2D eigenvalue weighted by Crippen LogP contribution is -2.31. The average molecular weight is 280 g/mol. The molecule has 0 aliphatic rings. The highest BCUT2D eigenvalue weighted by atomic mass is 19.1. The molecule has 0 fully saturated rings. The Morgan fingerprint density at radius 1 is 1.20 bits per heavy atom. The van der Waals surface area contributed by atoms with Gasteiger partial charge in [-0.05, 0) is 18.2 Å². The maximum Gasteiger partial charge on any atom is 0.233 e. The molecule has 106 valence electrons. The van der Waals surface area contributed by atoms with Crippen molar-refractivity contribution < 1.29 is 13.5 Å². The van der Waals surface area contributed by atoms with E-state index in [4.69, 9.17) is 10.6 Å². The molecule has 2 aromatic rings. The number of nitrogens with zero attached hydrogens (tertiary/aromatic N) is 2. The molecule has 1 unspecified atom stereocenters. The van der Waals surface area contributed by atoms with Crippen LogP contribution in [0.25, 0.3) is 0 Å². The summed E-state index contributed by atoms with van der Waals surface area (Å²) < 4.78 is 32.1. The van der Waals surface area contributed by atoms with Crippen LogP contribution in [-0.4, -0.2) is 17.3 Å². The first-order chi connectivity index (χ1) is 9.65. The minimum atomic E-state index is -0.619. The molecule has 5 nitrogen and oxygen atoms in total. The summed E-state index contributed by atoms with van der Waals surface area (Å²) >= 11 is 0. The van der Waals surface area contributed by atoms with Crippen molar-refractivity contribution >= 4 is 0 Å². The van der Waals surface area contributed by atoms with Crippen LogP contribution in [0.1, 0.15) is 17.3 Å². The number of aromatic nitrogens is 2. The molecule has 3 N–H and O–H groups in total. The Labute approximate surface area is 114 Å². The van der Waals surface area contributed by atoms with Gasteiger partial charge in [0.2, 0.25) is 5.88 Å². The third-order valence-electron chi connectivity index (χ3n) is 2.90. The molecule has 7 heteroatoms. The standard InChI is InChI=1S/C13H14F2N4O/c1-20-13-6-5-11(18-19-13)12(17-16)7-8-9(14)3-2-4-10(8)15/h2-6,12,17H,7,16H2,1H3. The monoisotopic (exact) mass is 280 g/mol. The van der Waals surface area contributed by atoms with E-state index in [9.17, 15) is 8.78 Å². The van der Waals surface area contributed by atoms with Crippen LogP contribution in [0.2, 0.25) is 0 Å². The maximum atomic E-state index is 13.6. The first-order valence-electron chi connectivity index (χ1n) is 5.92. The number of benzene rings is 1. The molecule has 0 amide bonds. The molecule has 0 radical (unpaired) electrons. The molecule has 0 aliphatic carbocycles. The number of rotatable bonds is 5. The van der Waals surface area contributed by atoms with E-state index in [1.54, 1.807) is 12.1 Å². The minimum Gasteiger partial charge on any atom is -0.480 e. The fourth-order valence-corrected chi connectivity index (χ4v) is 1.81. The molecular formula is C13H14F2N4O. The Bertz CT molecular complexity index is 557. The molecule has 1 heterocycles. The lowest BCUT2D eigenvalue weighted by atomic mass is 10.0. The van der Waals surface area contributed by atoms with Crippen molar-refractivity contribution in [1.82, 2.24) is 15.6 Å². The molecule has 1 atom stereocenters. The van der Waals surface area contributed by atoms with E-state index in [0.717, 1.165) is 0 Å². The normalized spacial score (nSPS) is 12.2. The third-order valence-corrected chi connectivity index (χ3v) is 2.90. The van der Waals surface area contributed by atoms with Gasteiger partial charge in [-0.15, -0.1) is 5.10 Å². The largest absolute Gasteiger partial charge is 0.480 e. The van der Waals surface area contributed by atoms with Gasteiger partial charge in [0.25, 0.3) is 0 Å². The second-order valence-electron chi connectivity index (χ2n) is 4.12. The molecule has 0 saturated heterocycles. The lowest BCUT2D eigenvalue weighted by molar-refractivity contribution is 0.388. The van der Waals surface area contributed by atoms with E-state index in [1.807, 2.05) is 0 Å². The third kappa shape index (κ3) is 3.06. The van der Waals surface area contributed by atoms with Crippen LogP contribution in [0, 0.1) is 11.6 Å². The SMILES string of the molecule is COc1ccc(C(Cc2c(F)cccc2F)NN)nn1. The molecule has 0 bridgehead atoms. The van der Waals surface area contributed by atoms with Gasteiger partial charge in [-0.2, -0.15) is 5.10 Å². The van der Waals surface area contributed by atoms with Crippen LogP contribution in [0.15, 0.2) is 30.3 Å². The van der Waals surface area contributed by atoms with Crippen LogP contribution >= 0.6 is 0 Å². The Kier molecular flexibility index (Phi) is 4.54. The fourth-order valence-electron chi connectivity index (χ4n) is 1.81. The molecule has 0 saturated carbocycles. The van der Waals surface area contributed by atoms with Gasteiger partial charge in [0.05, 0.1) is 18.8 Å². The van der Waals surface area contributed by atoms with Crippen LogP contribution < -0.4 is 16.0 Å². The van der Waals surface area contributed by atoms with Gasteiger partial charge in [-0.25, -0.2) is 8.78 Å². The highest BCUT2D eigenvalue weighted by Gasteiger charge is 2.18. The quantitative estimate of drug-likeness (QED) is 0.641. The predicted octanol–water partition coefficient (Wildman–Crippen LogP) is 1.51. The topological polar surface area (TPSA) is 73.1 Å². The Hall–Kier alpha value is -2.12. The Balaban J connectivity index is 2.24. The summed E-state index contributed by atoms with van der Waals surface area (Å²) in [6, 6.07) is 6.39. The van der Waals surface area contributed by atoms with E-state index in [0.29, 0.717) is 11.6 Å². The lowest BCUT2D eigenvalue weighted by Gasteiger charge is -2.15. The summed E-state index contributed by atoms with van der Waals surface area (Å²) in [5.41, 5.74) is 2.90. The number of nitrogens with two attached hydrogens (primary N) is 1. The molecule has 1 aromatic heterocycles. The van der Waals surface area contributed by atoms with Gasteiger partial charge >= 0.3 is 0 Å². The zero-order valence-corrected chi connectivity index (χ0v) is 10.8. The van der Waals surface area contributed by atoms with Crippen LogP contribution in [-0.2, 0) is 6.42 Å². The fraction of sp³-hybridized carbons (Fsp3) is 0.231. The highest BCUT2D eigenvalue weighted by Crippen LogP contribution is 2.21. The van der Waals surface area contributed by atoms with Crippen molar-refractivity contribution in [2.75, 3.05) is 7.11 Å². The van der Waals surface area contributed by atoms with E-state index in [2.05, 4.69) is 15.6 Å². The number of halogens is 2. The number of ether oxygens (including phenoxy) is 1. The molecule has 2 rings (SSSR count). The van der Waals surface area contributed by atoms with Crippen molar-refractivity contribution in [3.63, 3.8) is 0 Å². The number of nitrogens with one attached hydrogen (secondary N) is 1. The summed E-state index contributed by atoms with van der Waals surface area (Å²) in [6.07, 6.45) is 0.0238.